The lowest BCUT2D eigenvalue weighted by atomic mass is 10.0. The van der Waals surface area contributed by atoms with Crippen LogP contribution in [0.4, 0.5) is 0 Å². The van der Waals surface area contributed by atoms with E-state index >= 15 is 0 Å². The van der Waals surface area contributed by atoms with Crippen molar-refractivity contribution >= 4 is 21.8 Å². The first kappa shape index (κ1) is 10.3. The zero-order valence-corrected chi connectivity index (χ0v) is 9.10. The standard InChI is InChI=1S/C10H12BrNO/c1-2-7-5-9(11)4-3-8(7)6-10(12)13/h3-5H,2,6H2,1H3,(H2,12,13). The number of halogens is 1. The maximum atomic E-state index is 10.7. The van der Waals surface area contributed by atoms with Gasteiger partial charge in [0.1, 0.15) is 0 Å². The molecule has 0 saturated carbocycles. The Hall–Kier alpha value is -0.830. The molecule has 0 aliphatic rings. The van der Waals surface area contributed by atoms with Crippen molar-refractivity contribution < 1.29 is 4.79 Å². The van der Waals surface area contributed by atoms with Crippen LogP contribution >= 0.6 is 15.9 Å². The van der Waals surface area contributed by atoms with Crippen LogP contribution in [0, 0.1) is 0 Å². The molecule has 2 N–H and O–H groups in total. The molecule has 1 aromatic rings. The molecule has 0 radical (unpaired) electrons. The first-order valence-electron chi connectivity index (χ1n) is 4.19. The molecule has 0 aliphatic carbocycles. The third kappa shape index (κ3) is 2.84. The highest BCUT2D eigenvalue weighted by molar-refractivity contribution is 9.10. The van der Waals surface area contributed by atoms with Gasteiger partial charge in [0.05, 0.1) is 6.42 Å². The number of aryl methyl sites for hydroxylation is 1. The van der Waals surface area contributed by atoms with Crippen molar-refractivity contribution in [2.24, 2.45) is 5.73 Å². The second kappa shape index (κ2) is 4.42. The molecule has 0 saturated heterocycles. The van der Waals surface area contributed by atoms with E-state index in [2.05, 4.69) is 22.9 Å². The predicted molar refractivity (Wildman–Crippen MR) is 56.4 cm³/mol. The Morgan fingerprint density at radius 3 is 2.69 bits per heavy atom. The summed E-state index contributed by atoms with van der Waals surface area (Å²) in [6, 6.07) is 5.89. The van der Waals surface area contributed by atoms with Gasteiger partial charge in [-0.2, -0.15) is 0 Å². The fourth-order valence-electron chi connectivity index (χ4n) is 1.28. The number of amides is 1. The Labute approximate surface area is 86.3 Å². The molecule has 1 amide bonds. The average molecular weight is 242 g/mol. The van der Waals surface area contributed by atoms with E-state index < -0.39 is 0 Å². The molecule has 1 aromatic carbocycles. The summed E-state index contributed by atoms with van der Waals surface area (Å²) in [4.78, 5) is 10.7. The Morgan fingerprint density at radius 2 is 2.15 bits per heavy atom. The largest absolute Gasteiger partial charge is 0.369 e. The summed E-state index contributed by atoms with van der Waals surface area (Å²) in [6.45, 7) is 2.06. The smallest absolute Gasteiger partial charge is 0.221 e. The van der Waals surface area contributed by atoms with Gasteiger partial charge in [-0.15, -0.1) is 0 Å². The number of carbonyl (C=O) groups is 1. The number of benzene rings is 1. The Kier molecular flexibility index (Phi) is 3.48. The first-order valence-corrected chi connectivity index (χ1v) is 4.98. The minimum absolute atomic E-state index is 0.281. The fourth-order valence-corrected chi connectivity index (χ4v) is 1.69. The van der Waals surface area contributed by atoms with Gasteiger partial charge in [-0.05, 0) is 29.7 Å². The third-order valence-corrected chi connectivity index (χ3v) is 2.41. The van der Waals surface area contributed by atoms with Gasteiger partial charge in [-0.25, -0.2) is 0 Å². The first-order chi connectivity index (χ1) is 6.13. The lowest BCUT2D eigenvalue weighted by Crippen LogP contribution is -2.14. The minimum Gasteiger partial charge on any atom is -0.369 e. The van der Waals surface area contributed by atoms with Gasteiger partial charge in [0.25, 0.3) is 0 Å². The van der Waals surface area contributed by atoms with Gasteiger partial charge in [-0.3, -0.25) is 4.79 Å². The molecule has 3 heteroatoms. The van der Waals surface area contributed by atoms with Crippen molar-refractivity contribution in [2.75, 3.05) is 0 Å². The van der Waals surface area contributed by atoms with E-state index in [0.717, 1.165) is 16.5 Å². The Balaban J connectivity index is 2.99. The van der Waals surface area contributed by atoms with Crippen molar-refractivity contribution in [3.63, 3.8) is 0 Å². The SMILES string of the molecule is CCc1cc(Br)ccc1CC(N)=O. The van der Waals surface area contributed by atoms with Crippen LogP contribution in [0.1, 0.15) is 18.1 Å². The zero-order chi connectivity index (χ0) is 9.84. The highest BCUT2D eigenvalue weighted by atomic mass is 79.9. The highest BCUT2D eigenvalue weighted by Crippen LogP contribution is 2.17. The van der Waals surface area contributed by atoms with Crippen LogP contribution in [0.2, 0.25) is 0 Å². The summed E-state index contributed by atoms with van der Waals surface area (Å²) >= 11 is 3.39. The lowest BCUT2D eigenvalue weighted by molar-refractivity contribution is -0.117. The number of nitrogens with two attached hydrogens (primary N) is 1. The van der Waals surface area contributed by atoms with Crippen LogP contribution < -0.4 is 5.73 Å². The van der Waals surface area contributed by atoms with Gasteiger partial charge in [-0.1, -0.05) is 28.9 Å². The second-order valence-electron chi connectivity index (χ2n) is 2.91. The molecule has 2 nitrogen and oxygen atoms in total. The molecule has 1 rings (SSSR count). The molecule has 0 aliphatic heterocycles. The molecular formula is C10H12BrNO. The van der Waals surface area contributed by atoms with Crippen LogP contribution in [-0.2, 0) is 17.6 Å². The van der Waals surface area contributed by atoms with Crippen molar-refractivity contribution in [3.8, 4) is 0 Å². The van der Waals surface area contributed by atoms with Crippen molar-refractivity contribution in [2.45, 2.75) is 19.8 Å². The van der Waals surface area contributed by atoms with Gasteiger partial charge < -0.3 is 5.73 Å². The van der Waals surface area contributed by atoms with Crippen LogP contribution in [0.15, 0.2) is 22.7 Å². The van der Waals surface area contributed by atoms with E-state index in [4.69, 9.17) is 5.73 Å². The second-order valence-corrected chi connectivity index (χ2v) is 3.83. The lowest BCUT2D eigenvalue weighted by Gasteiger charge is -2.05. The molecular weight excluding hydrogens is 230 g/mol. The van der Waals surface area contributed by atoms with Crippen molar-refractivity contribution in [3.05, 3.63) is 33.8 Å². The van der Waals surface area contributed by atoms with E-state index in [0.29, 0.717) is 6.42 Å². The van der Waals surface area contributed by atoms with E-state index in [9.17, 15) is 4.79 Å². The number of rotatable bonds is 3. The molecule has 0 spiro atoms. The van der Waals surface area contributed by atoms with Gasteiger partial charge in [0.2, 0.25) is 5.91 Å². The Morgan fingerprint density at radius 1 is 1.46 bits per heavy atom. The summed E-state index contributed by atoms with van der Waals surface area (Å²) in [7, 11) is 0. The average Bonchev–Trinajstić information content (AvgIpc) is 2.07. The molecule has 70 valence electrons. The van der Waals surface area contributed by atoms with E-state index in [-0.39, 0.29) is 5.91 Å². The fraction of sp³-hybridized carbons (Fsp3) is 0.300. The van der Waals surface area contributed by atoms with E-state index in [1.165, 1.54) is 5.56 Å². The van der Waals surface area contributed by atoms with Crippen molar-refractivity contribution in [1.29, 1.82) is 0 Å². The van der Waals surface area contributed by atoms with Gasteiger partial charge >= 0.3 is 0 Å². The number of hydrogen-bond donors (Lipinski definition) is 1. The van der Waals surface area contributed by atoms with Crippen LogP contribution in [0.5, 0.6) is 0 Å². The molecule has 0 aromatic heterocycles. The van der Waals surface area contributed by atoms with E-state index in [1.807, 2.05) is 18.2 Å². The normalized spacial score (nSPS) is 10.0. The van der Waals surface area contributed by atoms with Crippen LogP contribution in [0.25, 0.3) is 0 Å². The minimum atomic E-state index is -0.281. The van der Waals surface area contributed by atoms with Gasteiger partial charge in [0, 0.05) is 4.47 Å². The third-order valence-electron chi connectivity index (χ3n) is 1.91. The maximum absolute atomic E-state index is 10.7. The van der Waals surface area contributed by atoms with Crippen molar-refractivity contribution in [1.82, 2.24) is 0 Å². The predicted octanol–water partition coefficient (Wildman–Crippen LogP) is 2.04. The molecule has 0 atom stereocenters. The Bertz CT molecular complexity index is 323. The topological polar surface area (TPSA) is 43.1 Å². The molecule has 0 fully saturated rings. The summed E-state index contributed by atoms with van der Waals surface area (Å²) < 4.78 is 1.04. The molecule has 0 heterocycles. The maximum Gasteiger partial charge on any atom is 0.221 e. The summed E-state index contributed by atoms with van der Waals surface area (Å²) in [6.07, 6.45) is 1.25. The number of carbonyl (C=O) groups excluding carboxylic acids is 1. The van der Waals surface area contributed by atoms with Crippen LogP contribution in [-0.4, -0.2) is 5.91 Å². The highest BCUT2D eigenvalue weighted by Gasteiger charge is 2.04. The monoisotopic (exact) mass is 241 g/mol. The zero-order valence-electron chi connectivity index (χ0n) is 7.51. The quantitative estimate of drug-likeness (QED) is 0.865. The number of primary amides is 1. The van der Waals surface area contributed by atoms with Gasteiger partial charge in [0.15, 0.2) is 0 Å². The summed E-state index contributed by atoms with van der Waals surface area (Å²) in [5, 5.41) is 0. The molecule has 13 heavy (non-hydrogen) atoms. The number of hydrogen-bond acceptors (Lipinski definition) is 1. The summed E-state index contributed by atoms with van der Waals surface area (Å²) in [5.74, 6) is -0.281. The van der Waals surface area contributed by atoms with E-state index in [1.54, 1.807) is 0 Å². The molecule has 0 bridgehead atoms. The summed E-state index contributed by atoms with van der Waals surface area (Å²) in [5.41, 5.74) is 7.34. The molecule has 0 unspecified atom stereocenters. The van der Waals surface area contributed by atoms with Crippen LogP contribution in [0.3, 0.4) is 0 Å².